The van der Waals surface area contributed by atoms with Crippen LogP contribution in [0, 0.1) is 5.82 Å². The van der Waals surface area contributed by atoms with Gasteiger partial charge in [-0.15, -0.1) is 0 Å². The number of nitrogens with zero attached hydrogens (tertiary/aromatic N) is 2. The summed E-state index contributed by atoms with van der Waals surface area (Å²) in [7, 11) is 0. The quantitative estimate of drug-likeness (QED) is 0.850. The first kappa shape index (κ1) is 15.6. The highest BCUT2D eigenvalue weighted by atomic mass is 19.1. The molecule has 1 saturated heterocycles. The van der Waals surface area contributed by atoms with E-state index >= 15 is 0 Å². The van der Waals surface area contributed by atoms with Crippen LogP contribution in [-0.2, 0) is 16.1 Å². The Hall–Kier alpha value is -2.27. The first-order valence-corrected chi connectivity index (χ1v) is 7.80. The molecule has 1 fully saturated rings. The Morgan fingerprint density at radius 3 is 2.74 bits per heavy atom. The molecule has 2 heterocycles. The van der Waals surface area contributed by atoms with Crippen molar-refractivity contribution in [2.75, 3.05) is 11.5 Å². The van der Waals surface area contributed by atoms with E-state index in [9.17, 15) is 9.18 Å². The number of carbonyl (C=O) groups is 1. The molecule has 120 valence electrons. The lowest BCUT2D eigenvalue weighted by Gasteiger charge is -2.24. The molecule has 5 heteroatoms. The number of pyridine rings is 1. The molecular formula is C18H19FN2O2. The van der Waals surface area contributed by atoms with Crippen molar-refractivity contribution in [2.45, 2.75) is 31.9 Å². The number of ether oxygens (including phenoxy) is 1. The van der Waals surface area contributed by atoms with E-state index in [0.29, 0.717) is 25.3 Å². The van der Waals surface area contributed by atoms with Crippen molar-refractivity contribution >= 4 is 11.6 Å². The monoisotopic (exact) mass is 314 g/mol. The van der Waals surface area contributed by atoms with Crippen LogP contribution in [0.4, 0.5) is 10.1 Å². The maximum Gasteiger partial charge on any atom is 0.229 e. The van der Waals surface area contributed by atoms with Crippen LogP contribution in [0.2, 0.25) is 0 Å². The van der Waals surface area contributed by atoms with Crippen LogP contribution >= 0.6 is 0 Å². The first-order chi connectivity index (χ1) is 11.2. The normalized spacial score (nSPS) is 17.2. The van der Waals surface area contributed by atoms with Crippen LogP contribution in [0.25, 0.3) is 0 Å². The smallest absolute Gasteiger partial charge is 0.229 e. The summed E-state index contributed by atoms with van der Waals surface area (Å²) in [6, 6.07) is 11.5. The van der Waals surface area contributed by atoms with Gasteiger partial charge in [-0.3, -0.25) is 9.78 Å². The maximum absolute atomic E-state index is 13.2. The Morgan fingerprint density at radius 2 is 2.09 bits per heavy atom. The molecule has 3 rings (SSSR count). The molecule has 0 spiro atoms. The van der Waals surface area contributed by atoms with Crippen molar-refractivity contribution in [3.8, 4) is 0 Å². The van der Waals surface area contributed by atoms with Gasteiger partial charge < -0.3 is 9.64 Å². The van der Waals surface area contributed by atoms with Crippen LogP contribution < -0.4 is 4.90 Å². The van der Waals surface area contributed by atoms with Crippen molar-refractivity contribution in [3.63, 3.8) is 0 Å². The number of carbonyl (C=O) groups excluding carboxylic acids is 1. The number of rotatable bonds is 5. The van der Waals surface area contributed by atoms with Gasteiger partial charge in [0.25, 0.3) is 0 Å². The SMILES string of the molecule is O=C(CC1CCCO1)N(Cc1ccccn1)c1ccc(F)cc1. The van der Waals surface area contributed by atoms with Crippen molar-refractivity contribution in [1.82, 2.24) is 4.98 Å². The highest BCUT2D eigenvalue weighted by molar-refractivity contribution is 5.93. The third-order valence-corrected chi connectivity index (χ3v) is 3.91. The largest absolute Gasteiger partial charge is 0.378 e. The van der Waals surface area contributed by atoms with Crippen molar-refractivity contribution in [2.24, 2.45) is 0 Å². The molecule has 0 aliphatic carbocycles. The standard InChI is InChI=1S/C18H19FN2O2/c19-14-6-8-16(9-7-14)21(13-15-4-1-2-10-20-15)18(22)12-17-5-3-11-23-17/h1-2,4,6-10,17H,3,5,11-13H2. The summed E-state index contributed by atoms with van der Waals surface area (Å²) in [6.45, 7) is 1.08. The van der Waals surface area contributed by atoms with Gasteiger partial charge in [0, 0.05) is 18.5 Å². The lowest BCUT2D eigenvalue weighted by atomic mass is 10.1. The van der Waals surface area contributed by atoms with Gasteiger partial charge in [-0.1, -0.05) is 6.07 Å². The molecule has 1 atom stereocenters. The number of hydrogen-bond acceptors (Lipinski definition) is 3. The number of hydrogen-bond donors (Lipinski definition) is 0. The average Bonchev–Trinajstić information content (AvgIpc) is 3.07. The fourth-order valence-corrected chi connectivity index (χ4v) is 2.71. The number of benzene rings is 1. The maximum atomic E-state index is 13.2. The van der Waals surface area contributed by atoms with E-state index in [1.807, 2.05) is 18.2 Å². The number of anilines is 1. The molecule has 1 aromatic carbocycles. The Labute approximate surface area is 134 Å². The van der Waals surface area contributed by atoms with E-state index in [0.717, 1.165) is 18.5 Å². The van der Waals surface area contributed by atoms with Crippen LogP contribution in [-0.4, -0.2) is 23.6 Å². The summed E-state index contributed by atoms with van der Waals surface area (Å²) in [5, 5.41) is 0. The van der Waals surface area contributed by atoms with Gasteiger partial charge >= 0.3 is 0 Å². The lowest BCUT2D eigenvalue weighted by molar-refractivity contribution is -0.120. The van der Waals surface area contributed by atoms with E-state index < -0.39 is 0 Å². The molecule has 0 bridgehead atoms. The Kier molecular flexibility index (Phi) is 4.98. The van der Waals surface area contributed by atoms with Gasteiger partial charge in [-0.05, 0) is 49.2 Å². The Bertz CT molecular complexity index is 640. The fourth-order valence-electron chi connectivity index (χ4n) is 2.71. The molecule has 0 radical (unpaired) electrons. The van der Waals surface area contributed by atoms with Crippen LogP contribution in [0.3, 0.4) is 0 Å². The fraction of sp³-hybridized carbons (Fsp3) is 0.333. The summed E-state index contributed by atoms with van der Waals surface area (Å²) in [5.74, 6) is -0.354. The topological polar surface area (TPSA) is 42.4 Å². The van der Waals surface area contributed by atoms with E-state index in [-0.39, 0.29) is 17.8 Å². The second-order valence-electron chi connectivity index (χ2n) is 5.62. The van der Waals surface area contributed by atoms with Crippen LogP contribution in [0.5, 0.6) is 0 Å². The molecule has 2 aromatic rings. The zero-order valence-corrected chi connectivity index (χ0v) is 12.8. The summed E-state index contributed by atoms with van der Waals surface area (Å²) < 4.78 is 18.7. The third kappa shape index (κ3) is 4.13. The van der Waals surface area contributed by atoms with Gasteiger partial charge in [0.1, 0.15) is 5.82 Å². The second kappa shape index (κ2) is 7.33. The molecule has 0 saturated carbocycles. The predicted octanol–water partition coefficient (Wildman–Crippen LogP) is 3.32. The van der Waals surface area contributed by atoms with Gasteiger partial charge in [-0.2, -0.15) is 0 Å². The second-order valence-corrected chi connectivity index (χ2v) is 5.62. The van der Waals surface area contributed by atoms with Crippen molar-refractivity contribution < 1.29 is 13.9 Å². The third-order valence-electron chi connectivity index (χ3n) is 3.91. The highest BCUT2D eigenvalue weighted by Gasteiger charge is 2.24. The minimum atomic E-state index is -0.321. The van der Waals surface area contributed by atoms with E-state index in [1.165, 1.54) is 12.1 Å². The molecule has 23 heavy (non-hydrogen) atoms. The van der Waals surface area contributed by atoms with Gasteiger partial charge in [0.15, 0.2) is 0 Å². The van der Waals surface area contributed by atoms with Gasteiger partial charge in [-0.25, -0.2) is 4.39 Å². The van der Waals surface area contributed by atoms with Gasteiger partial charge in [0.05, 0.1) is 24.8 Å². The highest BCUT2D eigenvalue weighted by Crippen LogP contribution is 2.22. The Morgan fingerprint density at radius 1 is 1.26 bits per heavy atom. The zero-order chi connectivity index (χ0) is 16.1. The number of aromatic nitrogens is 1. The zero-order valence-electron chi connectivity index (χ0n) is 12.8. The lowest BCUT2D eigenvalue weighted by Crippen LogP contribution is -2.33. The van der Waals surface area contributed by atoms with Crippen LogP contribution in [0.1, 0.15) is 25.0 Å². The van der Waals surface area contributed by atoms with Gasteiger partial charge in [0.2, 0.25) is 5.91 Å². The summed E-state index contributed by atoms with van der Waals surface area (Å²) >= 11 is 0. The van der Waals surface area contributed by atoms with Crippen LogP contribution in [0.15, 0.2) is 48.7 Å². The molecule has 1 amide bonds. The summed E-state index contributed by atoms with van der Waals surface area (Å²) in [6.07, 6.45) is 3.92. The summed E-state index contributed by atoms with van der Waals surface area (Å²) in [4.78, 5) is 18.6. The molecule has 1 aliphatic rings. The number of halogens is 1. The minimum absolute atomic E-state index is 0.0193. The molecule has 4 nitrogen and oxygen atoms in total. The summed E-state index contributed by atoms with van der Waals surface area (Å²) in [5.41, 5.74) is 1.46. The van der Waals surface area contributed by atoms with E-state index in [2.05, 4.69) is 4.98 Å². The molecule has 1 unspecified atom stereocenters. The molecule has 1 aromatic heterocycles. The minimum Gasteiger partial charge on any atom is -0.378 e. The number of amides is 1. The Balaban J connectivity index is 1.79. The average molecular weight is 314 g/mol. The van der Waals surface area contributed by atoms with E-state index in [1.54, 1.807) is 23.2 Å². The first-order valence-electron chi connectivity index (χ1n) is 7.80. The molecule has 1 aliphatic heterocycles. The molecular weight excluding hydrogens is 295 g/mol. The predicted molar refractivity (Wildman–Crippen MR) is 85.4 cm³/mol. The molecule has 0 N–H and O–H groups in total. The van der Waals surface area contributed by atoms with E-state index in [4.69, 9.17) is 4.74 Å². The van der Waals surface area contributed by atoms with Crippen molar-refractivity contribution in [3.05, 3.63) is 60.2 Å². The van der Waals surface area contributed by atoms with Crippen molar-refractivity contribution in [1.29, 1.82) is 0 Å².